The molecule has 5 aliphatic rings. The van der Waals surface area contributed by atoms with Crippen molar-refractivity contribution >= 4 is 5.78 Å². The Hall–Kier alpha value is -0.630. The summed E-state index contributed by atoms with van der Waals surface area (Å²) in [6, 6.07) is 0. The Morgan fingerprint density at radius 3 is 2.48 bits per heavy atom. The summed E-state index contributed by atoms with van der Waals surface area (Å²) in [5, 5.41) is 10.8. The Bertz CT molecular complexity index is 761. The van der Waals surface area contributed by atoms with Crippen molar-refractivity contribution in [3.05, 3.63) is 11.6 Å². The fourth-order valence-electron chi connectivity index (χ4n) is 9.67. The van der Waals surface area contributed by atoms with E-state index in [-0.39, 0.29) is 28.3 Å². The molecule has 1 N–H and O–H groups in total. The lowest BCUT2D eigenvalue weighted by Crippen LogP contribution is -2.56. The van der Waals surface area contributed by atoms with E-state index in [1.807, 2.05) is 0 Å². The second kappa shape index (κ2) is 7.44. The molecule has 0 heterocycles. The van der Waals surface area contributed by atoms with Crippen molar-refractivity contribution in [2.75, 3.05) is 0 Å². The van der Waals surface area contributed by atoms with Crippen LogP contribution < -0.4 is 0 Å². The minimum Gasteiger partial charge on any atom is -0.392 e. The zero-order valence-electron chi connectivity index (χ0n) is 20.8. The first-order valence-corrected chi connectivity index (χ1v) is 13.6. The molecule has 5 rings (SSSR count). The van der Waals surface area contributed by atoms with Gasteiger partial charge in [-0.25, -0.2) is 0 Å². The number of allylic oxidation sites excluding steroid dienone is 1. The normalized spacial score (nSPS) is 46.4. The Morgan fingerprint density at radius 1 is 1.06 bits per heavy atom. The van der Waals surface area contributed by atoms with Crippen LogP contribution in [0, 0.1) is 51.8 Å². The van der Waals surface area contributed by atoms with Gasteiger partial charge in [0.25, 0.3) is 0 Å². The number of carbonyl (C=O) groups excluding carboxylic acids is 1. The van der Waals surface area contributed by atoms with Crippen LogP contribution in [0.1, 0.15) is 105 Å². The summed E-state index contributed by atoms with van der Waals surface area (Å²) in [7, 11) is 0. The summed E-state index contributed by atoms with van der Waals surface area (Å²) in [5.74, 6) is 4.29. The zero-order valence-corrected chi connectivity index (χ0v) is 20.8. The molecule has 0 aromatic carbocycles. The highest BCUT2D eigenvalue weighted by atomic mass is 16.3. The molecule has 0 aromatic heterocycles. The summed E-state index contributed by atoms with van der Waals surface area (Å²) < 4.78 is 0. The molecule has 4 fully saturated rings. The van der Waals surface area contributed by atoms with Gasteiger partial charge in [0.2, 0.25) is 0 Å². The van der Waals surface area contributed by atoms with Crippen LogP contribution in [0.2, 0.25) is 0 Å². The molecule has 8 atom stereocenters. The number of hydrogen-bond donors (Lipinski definition) is 1. The highest BCUT2D eigenvalue weighted by molar-refractivity contribution is 5.85. The Labute approximate surface area is 190 Å². The molecular weight excluding hydrogens is 380 g/mol. The van der Waals surface area contributed by atoms with Crippen molar-refractivity contribution in [2.24, 2.45) is 51.8 Å². The molecule has 2 heteroatoms. The van der Waals surface area contributed by atoms with Gasteiger partial charge in [0.1, 0.15) is 5.78 Å². The van der Waals surface area contributed by atoms with Gasteiger partial charge < -0.3 is 5.11 Å². The van der Waals surface area contributed by atoms with E-state index < -0.39 is 0 Å². The smallest absolute Gasteiger partial charge is 0.137 e. The van der Waals surface area contributed by atoms with Crippen molar-refractivity contribution in [2.45, 2.75) is 111 Å². The molecule has 0 radical (unpaired) electrons. The number of aliphatic hydroxyl groups is 1. The molecule has 174 valence electrons. The monoisotopic (exact) mass is 426 g/mol. The van der Waals surface area contributed by atoms with Crippen molar-refractivity contribution in [1.82, 2.24) is 0 Å². The lowest BCUT2D eigenvalue weighted by molar-refractivity contribution is -0.147. The molecule has 0 amide bonds. The van der Waals surface area contributed by atoms with Gasteiger partial charge in [0, 0.05) is 17.8 Å². The molecule has 0 aromatic rings. The van der Waals surface area contributed by atoms with Gasteiger partial charge in [0.15, 0.2) is 0 Å². The second-order valence-electron chi connectivity index (χ2n) is 13.4. The summed E-state index contributed by atoms with van der Waals surface area (Å²) in [5.41, 5.74) is 1.76. The lowest BCUT2D eigenvalue weighted by Gasteiger charge is -2.59. The molecular formula is C29H46O2. The SMILES string of the molecule is CC(C)CCC[C@@H](C)[C@H]1CC[C@H]2[C@@H]3CC=C4C5(CC5)[C@H](O)CC[C@]4(C)[C@H]3C(=O)C[C@]12C. The van der Waals surface area contributed by atoms with Gasteiger partial charge in [-0.2, -0.15) is 0 Å². The second-order valence-corrected chi connectivity index (χ2v) is 13.4. The molecule has 0 bridgehead atoms. The Morgan fingerprint density at radius 2 is 1.81 bits per heavy atom. The molecule has 5 aliphatic carbocycles. The minimum atomic E-state index is -0.171. The number of rotatable bonds is 5. The summed E-state index contributed by atoms with van der Waals surface area (Å²) in [6.07, 6.45) is 15.1. The quantitative estimate of drug-likeness (QED) is 0.483. The average molecular weight is 427 g/mol. The van der Waals surface area contributed by atoms with Gasteiger partial charge in [-0.1, -0.05) is 65.5 Å². The van der Waals surface area contributed by atoms with Crippen molar-refractivity contribution in [3.8, 4) is 0 Å². The topological polar surface area (TPSA) is 37.3 Å². The van der Waals surface area contributed by atoms with Crippen molar-refractivity contribution < 1.29 is 9.90 Å². The highest BCUT2D eigenvalue weighted by Gasteiger charge is 2.67. The van der Waals surface area contributed by atoms with Crippen LogP contribution >= 0.6 is 0 Å². The number of aliphatic hydroxyl groups excluding tert-OH is 1. The van der Waals surface area contributed by atoms with E-state index in [2.05, 4.69) is 40.7 Å². The largest absolute Gasteiger partial charge is 0.392 e. The molecule has 0 unspecified atom stereocenters. The van der Waals surface area contributed by atoms with Gasteiger partial charge in [-0.3, -0.25) is 4.79 Å². The predicted octanol–water partition coefficient (Wildman–Crippen LogP) is 6.96. The third-order valence-corrected chi connectivity index (χ3v) is 11.3. The lowest BCUT2D eigenvalue weighted by atomic mass is 9.45. The minimum absolute atomic E-state index is 0.0119. The number of ketones is 1. The van der Waals surface area contributed by atoms with Crippen LogP contribution in [0.15, 0.2) is 11.6 Å². The van der Waals surface area contributed by atoms with E-state index in [9.17, 15) is 9.90 Å². The van der Waals surface area contributed by atoms with Crippen molar-refractivity contribution in [3.63, 3.8) is 0 Å². The van der Waals surface area contributed by atoms with E-state index in [0.29, 0.717) is 17.6 Å². The van der Waals surface area contributed by atoms with Gasteiger partial charge in [-0.15, -0.1) is 0 Å². The Kier molecular flexibility index (Phi) is 5.32. The molecule has 2 nitrogen and oxygen atoms in total. The maximum Gasteiger partial charge on any atom is 0.137 e. The standard InChI is InChI=1S/C29H46O2/c1-18(2)7-6-8-19(3)21-10-11-22-20-9-12-24-27(4,14-13-25(31)29(24)15-16-29)26(20)23(30)17-28(21,22)5/h12,18-22,25-26,31H,6-11,13-17H2,1-5H3/t19-,20+,21-,22+,25-,26-,27+,28-/m1/s1. The van der Waals surface area contributed by atoms with Crippen LogP contribution in [0.4, 0.5) is 0 Å². The van der Waals surface area contributed by atoms with Crippen LogP contribution in [0.5, 0.6) is 0 Å². The molecule has 0 saturated heterocycles. The van der Waals surface area contributed by atoms with E-state index in [4.69, 9.17) is 0 Å². The summed E-state index contributed by atoms with van der Waals surface area (Å²) >= 11 is 0. The van der Waals surface area contributed by atoms with Gasteiger partial charge >= 0.3 is 0 Å². The van der Waals surface area contributed by atoms with Gasteiger partial charge in [0.05, 0.1) is 6.10 Å². The first-order chi connectivity index (χ1) is 14.6. The maximum absolute atomic E-state index is 13.9. The highest BCUT2D eigenvalue weighted by Crippen LogP contribution is 2.72. The van der Waals surface area contributed by atoms with E-state index in [1.54, 1.807) is 0 Å². The summed E-state index contributed by atoms with van der Waals surface area (Å²) in [6.45, 7) is 12.0. The third-order valence-electron chi connectivity index (χ3n) is 11.3. The average Bonchev–Trinajstić information content (AvgIpc) is 3.40. The number of Topliss-reactive ketones (excluding diaryl/α,β-unsaturated/α-hetero) is 1. The van der Waals surface area contributed by atoms with Crippen LogP contribution in [-0.4, -0.2) is 17.0 Å². The van der Waals surface area contributed by atoms with E-state index in [1.165, 1.54) is 37.7 Å². The molecule has 0 aliphatic heterocycles. The molecule has 31 heavy (non-hydrogen) atoms. The fraction of sp³-hybridized carbons (Fsp3) is 0.897. The van der Waals surface area contributed by atoms with E-state index in [0.717, 1.165) is 56.3 Å². The number of fused-ring (bicyclic) bond motifs is 6. The summed E-state index contributed by atoms with van der Waals surface area (Å²) in [4.78, 5) is 13.9. The molecule has 4 saturated carbocycles. The first kappa shape index (κ1) is 22.2. The van der Waals surface area contributed by atoms with Crippen LogP contribution in [0.25, 0.3) is 0 Å². The third kappa shape index (κ3) is 3.17. The van der Waals surface area contributed by atoms with Gasteiger partial charge in [-0.05, 0) is 85.4 Å². The number of hydrogen-bond acceptors (Lipinski definition) is 2. The fourth-order valence-corrected chi connectivity index (χ4v) is 9.67. The van der Waals surface area contributed by atoms with Crippen LogP contribution in [0.3, 0.4) is 0 Å². The van der Waals surface area contributed by atoms with E-state index >= 15 is 0 Å². The van der Waals surface area contributed by atoms with Crippen LogP contribution in [-0.2, 0) is 4.79 Å². The zero-order chi connectivity index (χ0) is 22.2. The van der Waals surface area contributed by atoms with Crippen molar-refractivity contribution in [1.29, 1.82) is 0 Å². The predicted molar refractivity (Wildman–Crippen MR) is 126 cm³/mol. The Balaban J connectivity index is 1.40. The number of carbonyl (C=O) groups is 1. The molecule has 1 spiro atoms. The first-order valence-electron chi connectivity index (χ1n) is 13.6. The maximum atomic E-state index is 13.9.